The molecule has 0 saturated carbocycles. The molecule has 2 fully saturated rings. The minimum absolute atomic E-state index is 0.298. The van der Waals surface area contributed by atoms with Gasteiger partial charge >= 0.3 is 0 Å². The van der Waals surface area contributed by atoms with Crippen molar-refractivity contribution in [3.63, 3.8) is 0 Å². The summed E-state index contributed by atoms with van der Waals surface area (Å²) in [5, 5.41) is 6.87. The van der Waals surface area contributed by atoms with E-state index < -0.39 is 0 Å². The second-order valence-electron chi connectivity index (χ2n) is 6.82. The van der Waals surface area contributed by atoms with E-state index in [1.807, 2.05) is 7.05 Å². The summed E-state index contributed by atoms with van der Waals surface area (Å²) in [7, 11) is 3.59. The second kappa shape index (κ2) is 12.5. The maximum atomic E-state index is 5.68. The SMILES string of the molecule is CN=C(NCCOCC1CCCO1)NC1CCN(CCCOC)CC1. The lowest BCUT2D eigenvalue weighted by atomic mass is 10.1. The largest absolute Gasteiger partial charge is 0.385 e. The Bertz CT molecular complexity index is 367. The third-order valence-corrected chi connectivity index (χ3v) is 4.84. The van der Waals surface area contributed by atoms with Gasteiger partial charge in [-0.25, -0.2) is 0 Å². The first-order valence-electron chi connectivity index (χ1n) is 9.69. The Morgan fingerprint density at radius 1 is 1.24 bits per heavy atom. The maximum absolute atomic E-state index is 5.68. The molecular weight excluding hydrogens is 320 g/mol. The summed E-state index contributed by atoms with van der Waals surface area (Å²) in [6.07, 6.45) is 6.01. The zero-order valence-electron chi connectivity index (χ0n) is 16.0. The predicted molar refractivity (Wildman–Crippen MR) is 100 cm³/mol. The smallest absolute Gasteiger partial charge is 0.191 e. The summed E-state index contributed by atoms with van der Waals surface area (Å²) in [6.45, 7) is 7.30. The van der Waals surface area contributed by atoms with Crippen molar-refractivity contribution in [2.75, 3.05) is 66.8 Å². The van der Waals surface area contributed by atoms with Crippen LogP contribution in [-0.2, 0) is 14.2 Å². The summed E-state index contributed by atoms with van der Waals surface area (Å²) in [6, 6.07) is 0.498. The van der Waals surface area contributed by atoms with Crippen LogP contribution in [0.25, 0.3) is 0 Å². The van der Waals surface area contributed by atoms with Crippen LogP contribution in [0.5, 0.6) is 0 Å². The molecule has 2 saturated heterocycles. The lowest BCUT2D eigenvalue weighted by Gasteiger charge is -2.33. The number of likely N-dealkylation sites (tertiary alicyclic amines) is 1. The Morgan fingerprint density at radius 3 is 2.76 bits per heavy atom. The molecule has 0 aromatic rings. The molecule has 2 aliphatic rings. The van der Waals surface area contributed by atoms with Gasteiger partial charge in [-0.15, -0.1) is 0 Å². The Kier molecular flexibility index (Phi) is 10.2. The molecule has 1 unspecified atom stereocenters. The number of guanidine groups is 1. The minimum atomic E-state index is 0.298. The van der Waals surface area contributed by atoms with Crippen molar-refractivity contribution >= 4 is 5.96 Å². The molecule has 0 spiro atoms. The van der Waals surface area contributed by atoms with Crippen molar-refractivity contribution in [1.29, 1.82) is 0 Å². The molecule has 0 aromatic heterocycles. The first kappa shape index (κ1) is 20.4. The van der Waals surface area contributed by atoms with E-state index in [0.29, 0.717) is 25.4 Å². The molecule has 2 aliphatic heterocycles. The average molecular weight is 357 g/mol. The van der Waals surface area contributed by atoms with Crippen molar-refractivity contribution in [2.24, 2.45) is 4.99 Å². The van der Waals surface area contributed by atoms with E-state index in [1.165, 1.54) is 0 Å². The van der Waals surface area contributed by atoms with Gasteiger partial charge in [0.2, 0.25) is 0 Å². The summed E-state index contributed by atoms with van der Waals surface area (Å²) in [5.74, 6) is 0.874. The van der Waals surface area contributed by atoms with Gasteiger partial charge in [0.05, 0.1) is 19.3 Å². The number of ether oxygens (including phenoxy) is 3. The van der Waals surface area contributed by atoms with Crippen LogP contribution in [0.15, 0.2) is 4.99 Å². The van der Waals surface area contributed by atoms with Crippen LogP contribution < -0.4 is 10.6 Å². The van der Waals surface area contributed by atoms with Crippen molar-refractivity contribution in [3.8, 4) is 0 Å². The molecular formula is C18H36N4O3. The molecule has 2 rings (SSSR count). The van der Waals surface area contributed by atoms with E-state index in [9.17, 15) is 0 Å². The van der Waals surface area contributed by atoms with Crippen molar-refractivity contribution in [1.82, 2.24) is 15.5 Å². The van der Waals surface area contributed by atoms with E-state index in [0.717, 1.165) is 77.5 Å². The van der Waals surface area contributed by atoms with Crippen molar-refractivity contribution in [3.05, 3.63) is 0 Å². The maximum Gasteiger partial charge on any atom is 0.191 e. The molecule has 0 radical (unpaired) electrons. The number of piperidine rings is 1. The quantitative estimate of drug-likeness (QED) is 0.344. The van der Waals surface area contributed by atoms with Crippen LogP contribution >= 0.6 is 0 Å². The Balaban J connectivity index is 1.51. The predicted octanol–water partition coefficient (Wildman–Crippen LogP) is 0.848. The van der Waals surface area contributed by atoms with Crippen molar-refractivity contribution < 1.29 is 14.2 Å². The van der Waals surface area contributed by atoms with E-state index >= 15 is 0 Å². The number of aliphatic imine (C=N–C) groups is 1. The first-order chi connectivity index (χ1) is 12.3. The number of hydrogen-bond donors (Lipinski definition) is 2. The Labute approximate surface area is 152 Å². The van der Waals surface area contributed by atoms with E-state index in [-0.39, 0.29) is 0 Å². The summed E-state index contributed by atoms with van der Waals surface area (Å²) in [5.41, 5.74) is 0. The van der Waals surface area contributed by atoms with Gasteiger partial charge in [0, 0.05) is 59.6 Å². The van der Waals surface area contributed by atoms with Gasteiger partial charge in [0.25, 0.3) is 0 Å². The fourth-order valence-electron chi connectivity index (χ4n) is 3.35. The molecule has 1 atom stereocenters. The van der Waals surface area contributed by atoms with Gasteiger partial charge in [-0.3, -0.25) is 4.99 Å². The van der Waals surface area contributed by atoms with Gasteiger partial charge in [0.15, 0.2) is 5.96 Å². The topological polar surface area (TPSA) is 67.4 Å². The average Bonchev–Trinajstić information content (AvgIpc) is 3.15. The number of nitrogens with zero attached hydrogens (tertiary/aromatic N) is 2. The highest BCUT2D eigenvalue weighted by molar-refractivity contribution is 5.79. The zero-order chi connectivity index (χ0) is 17.7. The molecule has 25 heavy (non-hydrogen) atoms. The summed E-state index contributed by atoms with van der Waals surface area (Å²) >= 11 is 0. The van der Waals surface area contributed by atoms with Crippen LogP contribution in [0.4, 0.5) is 0 Å². The highest BCUT2D eigenvalue weighted by atomic mass is 16.5. The molecule has 0 aromatic carbocycles. The van der Waals surface area contributed by atoms with Crippen molar-refractivity contribution in [2.45, 2.75) is 44.2 Å². The normalized spacial score (nSPS) is 23.1. The summed E-state index contributed by atoms with van der Waals surface area (Å²) < 4.78 is 16.4. The lowest BCUT2D eigenvalue weighted by molar-refractivity contribution is 0.0191. The second-order valence-corrected chi connectivity index (χ2v) is 6.82. The molecule has 0 aliphatic carbocycles. The molecule has 0 bridgehead atoms. The highest BCUT2D eigenvalue weighted by Gasteiger charge is 2.19. The third kappa shape index (κ3) is 8.35. The van der Waals surface area contributed by atoms with E-state index in [2.05, 4.69) is 20.5 Å². The van der Waals surface area contributed by atoms with Gasteiger partial charge < -0.3 is 29.7 Å². The Morgan fingerprint density at radius 2 is 2.08 bits per heavy atom. The van der Waals surface area contributed by atoms with Crippen LogP contribution in [0.1, 0.15) is 32.1 Å². The molecule has 0 amide bonds. The zero-order valence-corrected chi connectivity index (χ0v) is 16.0. The standard InChI is InChI=1S/C18H36N4O3/c1-19-18(20-8-14-24-15-17-5-3-13-25-17)21-16-6-10-22(11-7-16)9-4-12-23-2/h16-17H,3-15H2,1-2H3,(H2,19,20,21). The third-order valence-electron chi connectivity index (χ3n) is 4.84. The van der Waals surface area contributed by atoms with Crippen LogP contribution in [0.3, 0.4) is 0 Å². The molecule has 2 N–H and O–H groups in total. The molecule has 7 heteroatoms. The monoisotopic (exact) mass is 356 g/mol. The minimum Gasteiger partial charge on any atom is -0.385 e. The van der Waals surface area contributed by atoms with Gasteiger partial charge in [-0.05, 0) is 32.1 Å². The van der Waals surface area contributed by atoms with E-state index in [1.54, 1.807) is 7.11 Å². The molecule has 7 nitrogen and oxygen atoms in total. The first-order valence-corrected chi connectivity index (χ1v) is 9.69. The van der Waals surface area contributed by atoms with Gasteiger partial charge in [-0.2, -0.15) is 0 Å². The molecule has 2 heterocycles. The van der Waals surface area contributed by atoms with Gasteiger partial charge in [0.1, 0.15) is 0 Å². The Hall–Kier alpha value is -0.890. The summed E-state index contributed by atoms with van der Waals surface area (Å²) in [4.78, 5) is 6.84. The van der Waals surface area contributed by atoms with E-state index in [4.69, 9.17) is 14.2 Å². The van der Waals surface area contributed by atoms with Crippen LogP contribution in [0, 0.1) is 0 Å². The molecule has 146 valence electrons. The fraction of sp³-hybridized carbons (Fsp3) is 0.944. The number of hydrogen-bond acceptors (Lipinski definition) is 5. The number of methoxy groups -OCH3 is 1. The highest BCUT2D eigenvalue weighted by Crippen LogP contribution is 2.12. The fourth-order valence-corrected chi connectivity index (χ4v) is 3.35. The number of nitrogens with one attached hydrogen (secondary N) is 2. The van der Waals surface area contributed by atoms with Crippen LogP contribution in [-0.4, -0.2) is 89.8 Å². The van der Waals surface area contributed by atoms with Gasteiger partial charge in [-0.1, -0.05) is 0 Å². The number of rotatable bonds is 10. The van der Waals surface area contributed by atoms with Crippen LogP contribution in [0.2, 0.25) is 0 Å². The lowest BCUT2D eigenvalue weighted by Crippen LogP contribution is -2.49.